The number of quaternary nitrogens is 1. The van der Waals surface area contributed by atoms with Crippen molar-refractivity contribution in [3.8, 4) is 0 Å². The van der Waals surface area contributed by atoms with Gasteiger partial charge in [-0.3, -0.25) is 14.4 Å². The van der Waals surface area contributed by atoms with Crippen molar-refractivity contribution in [1.29, 1.82) is 0 Å². The smallest absolute Gasteiger partial charge is 0.179 e. The van der Waals surface area contributed by atoms with Crippen molar-refractivity contribution >= 4 is 17.3 Å². The van der Waals surface area contributed by atoms with Crippen molar-refractivity contribution < 1.29 is 24.8 Å². The van der Waals surface area contributed by atoms with Crippen LogP contribution in [0.3, 0.4) is 0 Å². The number of nitrogens with two attached hydrogens (primary N) is 1. The summed E-state index contributed by atoms with van der Waals surface area (Å²) in [5.41, 5.74) is -1.33. The van der Waals surface area contributed by atoms with Gasteiger partial charge >= 0.3 is 0 Å². The summed E-state index contributed by atoms with van der Waals surface area (Å²) in [6, 6.07) is 1.99. The van der Waals surface area contributed by atoms with Crippen LogP contribution < -0.4 is 10.4 Å². The van der Waals surface area contributed by atoms with E-state index >= 15 is 0 Å². The second-order valence-corrected chi connectivity index (χ2v) is 13.3. The third kappa shape index (κ3) is 6.56. The highest BCUT2D eigenvalue weighted by atomic mass is 16.3. The van der Waals surface area contributed by atoms with E-state index in [0.717, 1.165) is 12.1 Å². The predicted octanol–water partition coefficient (Wildman–Crippen LogP) is 5.45. The molecule has 0 amide bonds. The molecule has 0 spiro atoms. The second kappa shape index (κ2) is 12.9. The normalized spacial score (nSPS) is 28.3. The third-order valence-corrected chi connectivity index (χ3v) is 9.13. The Balaban J connectivity index is 0.000000268. The lowest BCUT2D eigenvalue weighted by molar-refractivity contribution is -0.725. The minimum atomic E-state index is -1.82. The van der Waals surface area contributed by atoms with Crippen molar-refractivity contribution in [2.75, 3.05) is 0 Å². The Morgan fingerprint density at radius 1 is 0.923 bits per heavy atom. The zero-order chi connectivity index (χ0) is 29.0. The molecule has 0 radical (unpaired) electrons. The fraction of sp³-hybridized carbons (Fsp3) is 0.676. The predicted molar refractivity (Wildman–Crippen MR) is 155 cm³/mol. The lowest BCUT2D eigenvalue weighted by Crippen LogP contribution is -2.95. The van der Waals surface area contributed by atoms with Crippen LogP contribution in [0.15, 0.2) is 47.8 Å². The van der Waals surface area contributed by atoms with E-state index in [4.69, 9.17) is 0 Å². The van der Waals surface area contributed by atoms with E-state index in [1.54, 1.807) is 27.7 Å². The van der Waals surface area contributed by atoms with Crippen LogP contribution in [-0.2, 0) is 14.4 Å². The number of carbonyl (C=O) groups is 3. The molecule has 0 aromatic heterocycles. The van der Waals surface area contributed by atoms with E-state index in [1.807, 2.05) is 0 Å². The molecule has 2 N–H and O–H groups in total. The van der Waals surface area contributed by atoms with Crippen molar-refractivity contribution in [3.05, 3.63) is 47.8 Å². The largest absolute Gasteiger partial charge is 0.874 e. The Kier molecular flexibility index (Phi) is 10.4. The number of hydrogen-bond donors (Lipinski definition) is 1. The topological polar surface area (TPSA) is 90.9 Å². The first kappa shape index (κ1) is 31.3. The zero-order valence-corrected chi connectivity index (χ0v) is 25.0. The first-order valence-corrected chi connectivity index (χ1v) is 15.2. The van der Waals surface area contributed by atoms with Crippen LogP contribution in [0.2, 0.25) is 0 Å². The van der Waals surface area contributed by atoms with E-state index in [0.29, 0.717) is 16.7 Å². The van der Waals surface area contributed by atoms with Crippen molar-refractivity contribution in [1.82, 2.24) is 0 Å². The van der Waals surface area contributed by atoms with Gasteiger partial charge in [0.25, 0.3) is 0 Å². The molecular weight excluding hydrogens is 486 g/mol. The summed E-state index contributed by atoms with van der Waals surface area (Å²) in [6.07, 6.45) is 15.3. The fourth-order valence-corrected chi connectivity index (χ4v) is 7.49. The van der Waals surface area contributed by atoms with Gasteiger partial charge in [0, 0.05) is 11.3 Å². The summed E-state index contributed by atoms with van der Waals surface area (Å²) in [7, 11) is 0. The molecule has 5 heteroatoms. The maximum atomic E-state index is 13.6. The molecule has 4 aliphatic rings. The molecule has 2 atom stereocenters. The summed E-state index contributed by atoms with van der Waals surface area (Å²) >= 11 is 0. The van der Waals surface area contributed by atoms with Crippen LogP contribution in [0.25, 0.3) is 0 Å². The lowest BCUT2D eigenvalue weighted by Gasteiger charge is -2.54. The average Bonchev–Trinajstić information content (AvgIpc) is 2.88. The number of allylic oxidation sites excluding steroid dienone is 5. The van der Waals surface area contributed by atoms with Gasteiger partial charge in [-0.05, 0) is 96.5 Å². The standard InChI is InChI=1S/C22H28O4.C12H23N/c1-12(2)8-16-18(24)21(9-13(3)4)10-15(7)11-22(19(16)25,20(21)26)17(23)14(5)6;1-3-7-11(8-4-1)13-12-9-5-2-6-10-12/h14,24H,1,3,7-11H2,2,4-6H3;11-13H,1-10H2/t21-,22-;/m0./s1. The Morgan fingerprint density at radius 3 is 1.87 bits per heavy atom. The maximum Gasteiger partial charge on any atom is 0.179 e. The SMILES string of the molecule is C1CCC([NH2+]C2CCCCC2)CC1.C=C(C)CC1=C([O-])[C@]2(CC(=C)C)CC(=C)C[C@](C(=O)C(C)C)(C1=O)C2=O. The van der Waals surface area contributed by atoms with Crippen LogP contribution >= 0.6 is 0 Å². The first-order chi connectivity index (χ1) is 18.3. The van der Waals surface area contributed by atoms with Crippen molar-refractivity contribution in [3.63, 3.8) is 0 Å². The highest BCUT2D eigenvalue weighted by Crippen LogP contribution is 2.57. The Labute approximate surface area is 236 Å². The number of rotatable bonds is 8. The molecule has 5 nitrogen and oxygen atoms in total. The molecule has 3 saturated carbocycles. The Bertz CT molecular complexity index is 1020. The van der Waals surface area contributed by atoms with Gasteiger partial charge in [0.15, 0.2) is 22.8 Å². The molecular formula is C34H51NO4. The van der Waals surface area contributed by atoms with Gasteiger partial charge in [-0.2, -0.15) is 0 Å². The Morgan fingerprint density at radius 2 is 1.44 bits per heavy atom. The van der Waals surface area contributed by atoms with E-state index in [1.165, 1.54) is 64.2 Å². The molecule has 0 aromatic rings. The molecule has 0 saturated heterocycles. The van der Waals surface area contributed by atoms with Gasteiger partial charge in [-0.15, -0.1) is 12.3 Å². The van der Waals surface area contributed by atoms with Crippen LogP contribution in [0.4, 0.5) is 0 Å². The number of fused-ring (bicyclic) bond motifs is 2. The molecule has 39 heavy (non-hydrogen) atoms. The van der Waals surface area contributed by atoms with E-state index < -0.39 is 39.9 Å². The number of hydrogen-bond acceptors (Lipinski definition) is 4. The van der Waals surface area contributed by atoms with Gasteiger partial charge in [-0.25, -0.2) is 0 Å². The minimum absolute atomic E-state index is 0.00735. The quantitative estimate of drug-likeness (QED) is 0.329. The monoisotopic (exact) mass is 537 g/mol. The van der Waals surface area contributed by atoms with Gasteiger partial charge in [0.05, 0.1) is 12.1 Å². The number of carbonyl (C=O) groups excluding carboxylic acids is 3. The van der Waals surface area contributed by atoms with Crippen molar-refractivity contribution in [2.24, 2.45) is 16.7 Å². The second-order valence-electron chi connectivity index (χ2n) is 13.3. The van der Waals surface area contributed by atoms with E-state index in [-0.39, 0.29) is 31.3 Å². The molecule has 0 unspecified atom stereocenters. The zero-order valence-electron chi connectivity index (χ0n) is 25.0. The molecule has 3 fully saturated rings. The molecule has 0 aliphatic heterocycles. The number of Topliss-reactive ketones (excluding diaryl/α,β-unsaturated/α-hetero) is 3. The molecule has 4 aliphatic carbocycles. The van der Waals surface area contributed by atoms with E-state index in [9.17, 15) is 19.5 Å². The first-order valence-electron chi connectivity index (χ1n) is 15.2. The van der Waals surface area contributed by atoms with Gasteiger partial charge in [-0.1, -0.05) is 56.6 Å². The van der Waals surface area contributed by atoms with Gasteiger partial charge in [0.2, 0.25) is 0 Å². The van der Waals surface area contributed by atoms with Crippen LogP contribution in [0.1, 0.15) is 118 Å². The Hall–Kier alpha value is -2.27. The van der Waals surface area contributed by atoms with E-state index in [2.05, 4.69) is 25.1 Å². The molecule has 0 aromatic carbocycles. The minimum Gasteiger partial charge on any atom is -0.874 e. The highest BCUT2D eigenvalue weighted by Gasteiger charge is 2.65. The summed E-state index contributed by atoms with van der Waals surface area (Å²) < 4.78 is 0. The summed E-state index contributed by atoms with van der Waals surface area (Å²) in [5, 5.41) is 16.0. The summed E-state index contributed by atoms with van der Waals surface area (Å²) in [5.74, 6) is -2.61. The third-order valence-electron chi connectivity index (χ3n) is 9.13. The highest BCUT2D eigenvalue weighted by molar-refractivity contribution is 6.33. The van der Waals surface area contributed by atoms with Gasteiger partial charge in [0.1, 0.15) is 0 Å². The average molecular weight is 538 g/mol. The van der Waals surface area contributed by atoms with Crippen LogP contribution in [0.5, 0.6) is 0 Å². The van der Waals surface area contributed by atoms with Crippen molar-refractivity contribution in [2.45, 2.75) is 130 Å². The maximum absolute atomic E-state index is 13.6. The summed E-state index contributed by atoms with van der Waals surface area (Å²) in [6.45, 7) is 18.4. The molecule has 216 valence electrons. The molecule has 0 heterocycles. The fourth-order valence-electron chi connectivity index (χ4n) is 7.49. The molecule has 4 rings (SSSR count). The number of ketones is 3. The lowest BCUT2D eigenvalue weighted by atomic mass is 9.49. The van der Waals surface area contributed by atoms with Crippen LogP contribution in [0, 0.1) is 16.7 Å². The summed E-state index contributed by atoms with van der Waals surface area (Å²) in [4.78, 5) is 40.0. The molecule has 2 bridgehead atoms. The van der Waals surface area contributed by atoms with Crippen LogP contribution in [-0.4, -0.2) is 29.4 Å². The van der Waals surface area contributed by atoms with Gasteiger partial charge < -0.3 is 10.4 Å².